The van der Waals surface area contributed by atoms with E-state index in [0.29, 0.717) is 5.69 Å². The molecule has 1 aliphatic heterocycles. The first kappa shape index (κ1) is 20.8. The van der Waals surface area contributed by atoms with Gasteiger partial charge in [0.05, 0.1) is 17.7 Å². The summed E-state index contributed by atoms with van der Waals surface area (Å²) in [6.45, 7) is 1.92. The van der Waals surface area contributed by atoms with E-state index in [4.69, 9.17) is 4.74 Å². The van der Waals surface area contributed by atoms with Gasteiger partial charge in [-0.3, -0.25) is 4.79 Å². The van der Waals surface area contributed by atoms with Crippen LogP contribution >= 0.6 is 12.4 Å². The van der Waals surface area contributed by atoms with Gasteiger partial charge in [0.15, 0.2) is 0 Å². The van der Waals surface area contributed by atoms with Crippen LogP contribution in [0.4, 0.5) is 0 Å². The Morgan fingerprint density at radius 2 is 1.80 bits per heavy atom. The molecular weight excluding hydrogens is 398 g/mol. The number of pyridine rings is 1. The number of hydrogen-bond donors (Lipinski definition) is 2. The number of methoxy groups -OCH3 is 1. The Morgan fingerprint density at radius 1 is 1.07 bits per heavy atom. The fraction of sp³-hybridized carbons (Fsp3) is 0.333. The number of hydrogen-bond acceptors (Lipinski definition) is 4. The molecule has 6 heteroatoms. The zero-order valence-electron chi connectivity index (χ0n) is 16.9. The smallest absolute Gasteiger partial charge is 0.270 e. The van der Waals surface area contributed by atoms with Crippen LogP contribution in [0.3, 0.4) is 0 Å². The molecule has 2 aliphatic rings. The Labute approximate surface area is 182 Å². The van der Waals surface area contributed by atoms with E-state index in [0.717, 1.165) is 42.4 Å². The molecule has 1 aromatic heterocycles. The molecule has 1 amide bonds. The maximum Gasteiger partial charge on any atom is 0.270 e. The highest BCUT2D eigenvalue weighted by molar-refractivity contribution is 5.95. The second-order valence-electron chi connectivity index (χ2n) is 7.99. The van der Waals surface area contributed by atoms with Crippen LogP contribution in [-0.4, -0.2) is 37.2 Å². The fourth-order valence-corrected chi connectivity index (χ4v) is 5.21. The number of carbonyl (C=O) groups is 1. The average Bonchev–Trinajstić information content (AvgIpc) is 3.02. The first-order chi connectivity index (χ1) is 14.2. The van der Waals surface area contributed by atoms with Gasteiger partial charge in [0.1, 0.15) is 5.69 Å². The van der Waals surface area contributed by atoms with Crippen molar-refractivity contribution in [1.29, 1.82) is 0 Å². The van der Waals surface area contributed by atoms with Gasteiger partial charge in [-0.1, -0.05) is 48.5 Å². The van der Waals surface area contributed by atoms with E-state index in [1.165, 1.54) is 5.56 Å². The maximum atomic E-state index is 13.1. The molecule has 0 bridgehead atoms. The van der Waals surface area contributed by atoms with Crippen molar-refractivity contribution in [2.24, 2.45) is 0 Å². The molecule has 2 N–H and O–H groups in total. The van der Waals surface area contributed by atoms with E-state index in [1.807, 2.05) is 36.4 Å². The minimum atomic E-state index is -0.185. The van der Waals surface area contributed by atoms with Crippen LogP contribution < -0.4 is 10.6 Å². The maximum absolute atomic E-state index is 13.1. The molecule has 0 radical (unpaired) electrons. The summed E-state index contributed by atoms with van der Waals surface area (Å²) in [5.41, 5.74) is 3.67. The summed E-state index contributed by atoms with van der Waals surface area (Å²) < 4.78 is 6.04. The number of nitrogens with zero attached hydrogens (tertiary/aromatic N) is 1. The van der Waals surface area contributed by atoms with Crippen LogP contribution in [0.2, 0.25) is 0 Å². The van der Waals surface area contributed by atoms with Crippen LogP contribution in [0.5, 0.6) is 0 Å². The Hall–Kier alpha value is -2.47. The summed E-state index contributed by atoms with van der Waals surface area (Å²) in [5.74, 6) is -0.163. The van der Waals surface area contributed by atoms with E-state index < -0.39 is 0 Å². The number of aromatic nitrogens is 1. The number of rotatable bonds is 3. The molecule has 1 aliphatic carbocycles. The molecule has 30 heavy (non-hydrogen) atoms. The minimum absolute atomic E-state index is 0. The summed E-state index contributed by atoms with van der Waals surface area (Å²) >= 11 is 0. The van der Waals surface area contributed by atoms with Crippen molar-refractivity contribution >= 4 is 29.2 Å². The number of piperidine rings is 1. The Balaban J connectivity index is 0.00000218. The summed E-state index contributed by atoms with van der Waals surface area (Å²) in [5, 5.41) is 7.73. The second kappa shape index (κ2) is 8.34. The van der Waals surface area contributed by atoms with Crippen LogP contribution in [0.25, 0.3) is 10.9 Å². The van der Waals surface area contributed by atoms with Crippen LogP contribution in [0.1, 0.15) is 40.5 Å². The molecule has 1 spiro atoms. The normalized spacial score (nSPS) is 21.8. The van der Waals surface area contributed by atoms with Gasteiger partial charge in [0.2, 0.25) is 0 Å². The third-order valence-electron chi connectivity index (χ3n) is 6.55. The number of carbonyl (C=O) groups excluding carboxylic acids is 1. The molecule has 156 valence electrons. The molecule has 1 fully saturated rings. The molecule has 2 aromatic carbocycles. The predicted octanol–water partition coefficient (Wildman–Crippen LogP) is 3.78. The number of ether oxygens (including phenoxy) is 1. The summed E-state index contributed by atoms with van der Waals surface area (Å²) in [7, 11) is 1.76. The van der Waals surface area contributed by atoms with E-state index in [1.54, 1.807) is 13.2 Å². The quantitative estimate of drug-likeness (QED) is 0.673. The molecule has 1 saturated heterocycles. The largest absolute Gasteiger partial charge is 0.378 e. The minimum Gasteiger partial charge on any atom is -0.378 e. The number of fused-ring (bicyclic) bond motifs is 3. The molecule has 2 atom stereocenters. The first-order valence-corrected chi connectivity index (χ1v) is 10.2. The number of amides is 1. The Morgan fingerprint density at radius 3 is 2.60 bits per heavy atom. The average molecular weight is 424 g/mol. The number of para-hydroxylation sites is 1. The number of nitrogens with one attached hydrogen (secondary N) is 2. The third-order valence-corrected chi connectivity index (χ3v) is 6.55. The molecule has 5 nitrogen and oxygen atoms in total. The predicted molar refractivity (Wildman–Crippen MR) is 120 cm³/mol. The van der Waals surface area contributed by atoms with Gasteiger partial charge < -0.3 is 15.4 Å². The lowest BCUT2D eigenvalue weighted by Gasteiger charge is -2.40. The van der Waals surface area contributed by atoms with E-state index in [-0.39, 0.29) is 35.9 Å². The van der Waals surface area contributed by atoms with Gasteiger partial charge in [-0.2, -0.15) is 0 Å². The zero-order chi connectivity index (χ0) is 19.8. The van der Waals surface area contributed by atoms with Crippen molar-refractivity contribution in [3.05, 3.63) is 77.5 Å². The zero-order valence-corrected chi connectivity index (χ0v) is 17.7. The van der Waals surface area contributed by atoms with Crippen LogP contribution in [0.15, 0.2) is 60.7 Å². The number of halogens is 1. The molecule has 0 saturated carbocycles. The second-order valence-corrected chi connectivity index (χ2v) is 7.99. The van der Waals surface area contributed by atoms with Crippen molar-refractivity contribution < 1.29 is 9.53 Å². The van der Waals surface area contributed by atoms with Crippen molar-refractivity contribution in [1.82, 2.24) is 15.6 Å². The topological polar surface area (TPSA) is 63.2 Å². The summed E-state index contributed by atoms with van der Waals surface area (Å²) in [6, 6.07) is 19.8. The fourth-order valence-electron chi connectivity index (χ4n) is 5.21. The molecule has 0 unspecified atom stereocenters. The van der Waals surface area contributed by atoms with Gasteiger partial charge in [0.25, 0.3) is 5.91 Å². The lowest BCUT2D eigenvalue weighted by molar-refractivity contribution is 0.00392. The van der Waals surface area contributed by atoms with Gasteiger partial charge >= 0.3 is 0 Å². The van der Waals surface area contributed by atoms with Crippen molar-refractivity contribution in [3.8, 4) is 0 Å². The van der Waals surface area contributed by atoms with Gasteiger partial charge in [0, 0.05) is 17.9 Å². The monoisotopic (exact) mass is 423 g/mol. The molecule has 2 heterocycles. The van der Waals surface area contributed by atoms with E-state index in [9.17, 15) is 4.79 Å². The van der Waals surface area contributed by atoms with E-state index in [2.05, 4.69) is 33.8 Å². The standard InChI is InChI=1S/C24H25N3O2.ClH/c1-29-22-21(17-7-3-4-8-18(17)24(22)12-14-25-15-13-24)27-23(28)20-11-10-16-6-2-5-9-19(16)26-20;/h2-11,21-22,25H,12-15H2,1H3,(H,27,28);1H/t21-,22+;/m1./s1. The highest BCUT2D eigenvalue weighted by atomic mass is 35.5. The van der Waals surface area contributed by atoms with Crippen molar-refractivity contribution in [2.45, 2.75) is 30.4 Å². The number of benzene rings is 2. The highest BCUT2D eigenvalue weighted by Crippen LogP contribution is 2.51. The lowest BCUT2D eigenvalue weighted by atomic mass is 9.72. The molecule has 5 rings (SSSR count). The van der Waals surface area contributed by atoms with Gasteiger partial charge in [-0.15, -0.1) is 12.4 Å². The van der Waals surface area contributed by atoms with E-state index >= 15 is 0 Å². The van der Waals surface area contributed by atoms with Gasteiger partial charge in [-0.25, -0.2) is 4.98 Å². The molecule has 3 aromatic rings. The Kier molecular flexibility index (Phi) is 5.78. The first-order valence-electron chi connectivity index (χ1n) is 10.2. The van der Waals surface area contributed by atoms with Gasteiger partial charge in [-0.05, 0) is 49.2 Å². The SMILES string of the molecule is CO[C@H]1[C@H](NC(=O)c2ccc3ccccc3n2)c2ccccc2C12CCNCC2.Cl. The van der Waals surface area contributed by atoms with Crippen LogP contribution in [0, 0.1) is 0 Å². The highest BCUT2D eigenvalue weighted by Gasteiger charge is 2.53. The third kappa shape index (κ3) is 3.27. The lowest BCUT2D eigenvalue weighted by Crippen LogP contribution is -2.49. The van der Waals surface area contributed by atoms with Crippen molar-refractivity contribution in [3.63, 3.8) is 0 Å². The molecular formula is C24H26ClN3O2. The summed E-state index contributed by atoms with van der Waals surface area (Å²) in [6.07, 6.45) is 1.91. The van der Waals surface area contributed by atoms with Crippen molar-refractivity contribution in [2.75, 3.05) is 20.2 Å². The Bertz CT molecular complexity index is 1070. The van der Waals surface area contributed by atoms with Crippen LogP contribution in [-0.2, 0) is 10.2 Å². The summed E-state index contributed by atoms with van der Waals surface area (Å²) in [4.78, 5) is 17.7.